The minimum Gasteiger partial charge on any atom is -0.496 e. The minimum absolute atomic E-state index is 0.119. The number of likely N-dealkylation sites (tertiary alicyclic amines) is 1. The summed E-state index contributed by atoms with van der Waals surface area (Å²) in [5.41, 5.74) is 8.12. The molecule has 0 aliphatic carbocycles. The number of nitrogens with one attached hydrogen (secondary N) is 1. The summed E-state index contributed by atoms with van der Waals surface area (Å²) >= 11 is 0. The molecule has 32 heavy (non-hydrogen) atoms. The Kier molecular flexibility index (Phi) is 6.84. The Morgan fingerprint density at radius 2 is 2.00 bits per heavy atom. The van der Waals surface area contributed by atoms with Crippen LogP contribution in [0.25, 0.3) is 10.9 Å². The number of aromatic nitrogens is 4. The quantitative estimate of drug-likeness (QED) is 0.492. The van der Waals surface area contributed by atoms with E-state index in [9.17, 15) is 4.79 Å². The molecule has 1 aromatic carbocycles. The Hall–Kier alpha value is -3.20. The fourth-order valence-corrected chi connectivity index (χ4v) is 4.10. The van der Waals surface area contributed by atoms with Crippen molar-refractivity contribution >= 4 is 22.7 Å². The third-order valence-corrected chi connectivity index (χ3v) is 5.82. The average molecular weight is 438 g/mol. The molecule has 1 aliphatic heterocycles. The predicted octanol–water partition coefficient (Wildman–Crippen LogP) is 2.63. The van der Waals surface area contributed by atoms with Crippen molar-refractivity contribution in [1.29, 1.82) is 0 Å². The Morgan fingerprint density at radius 3 is 2.75 bits per heavy atom. The van der Waals surface area contributed by atoms with Crippen molar-refractivity contribution < 1.29 is 4.74 Å². The van der Waals surface area contributed by atoms with Gasteiger partial charge in [0.2, 0.25) is 5.95 Å². The predicted molar refractivity (Wildman–Crippen MR) is 126 cm³/mol. The maximum atomic E-state index is 13.3. The van der Waals surface area contributed by atoms with E-state index in [2.05, 4.69) is 38.3 Å². The van der Waals surface area contributed by atoms with Crippen molar-refractivity contribution in [2.24, 2.45) is 0 Å². The Morgan fingerprint density at radius 1 is 1.19 bits per heavy atom. The van der Waals surface area contributed by atoms with Gasteiger partial charge in [-0.2, -0.15) is 10.1 Å². The third-order valence-electron chi connectivity index (χ3n) is 5.82. The number of fused-ring (bicyclic) bond motifs is 1. The van der Waals surface area contributed by atoms with Crippen LogP contribution in [-0.4, -0.2) is 51.4 Å². The second kappa shape index (κ2) is 9.95. The zero-order valence-electron chi connectivity index (χ0n) is 18.8. The fraction of sp³-hybridized carbons (Fsp3) is 0.478. The molecule has 0 saturated carbocycles. The highest BCUT2D eigenvalue weighted by atomic mass is 16.5. The molecule has 1 saturated heterocycles. The van der Waals surface area contributed by atoms with Crippen LogP contribution < -0.4 is 21.3 Å². The zero-order chi connectivity index (χ0) is 22.5. The first-order valence-electron chi connectivity index (χ1n) is 11.2. The number of unbranched alkanes of at least 4 members (excludes halogenated alkanes) is 1. The molecule has 1 fully saturated rings. The van der Waals surface area contributed by atoms with E-state index in [1.54, 1.807) is 13.3 Å². The van der Waals surface area contributed by atoms with E-state index in [4.69, 9.17) is 10.5 Å². The normalized spacial score (nSPS) is 14.2. The maximum absolute atomic E-state index is 13.3. The number of anilines is 2. The first kappa shape index (κ1) is 22.0. The molecular weight excluding hydrogens is 406 g/mol. The number of nitrogens with zero attached hydrogens (tertiary/aromatic N) is 5. The number of methoxy groups -OCH3 is 1. The summed E-state index contributed by atoms with van der Waals surface area (Å²) in [4.78, 5) is 24.1. The van der Waals surface area contributed by atoms with Gasteiger partial charge in [0, 0.05) is 18.7 Å². The van der Waals surface area contributed by atoms with Crippen LogP contribution in [0, 0.1) is 0 Å². The summed E-state index contributed by atoms with van der Waals surface area (Å²) in [5, 5.41) is 7.95. The number of ether oxygens (including phenoxy) is 1. The second-order valence-corrected chi connectivity index (χ2v) is 8.21. The summed E-state index contributed by atoms with van der Waals surface area (Å²) in [6, 6.07) is 6.11. The van der Waals surface area contributed by atoms with Gasteiger partial charge in [-0.1, -0.05) is 25.5 Å². The van der Waals surface area contributed by atoms with Crippen LogP contribution in [0.15, 0.2) is 29.2 Å². The van der Waals surface area contributed by atoms with Gasteiger partial charge >= 0.3 is 0 Å². The van der Waals surface area contributed by atoms with Crippen LogP contribution in [0.5, 0.6) is 5.75 Å². The molecule has 0 amide bonds. The van der Waals surface area contributed by atoms with Gasteiger partial charge in [0.05, 0.1) is 19.9 Å². The molecule has 3 aromatic rings. The summed E-state index contributed by atoms with van der Waals surface area (Å²) < 4.78 is 7.08. The van der Waals surface area contributed by atoms with Crippen LogP contribution in [0.2, 0.25) is 0 Å². The standard InChI is InChI=1S/C23H31N7O2/c1-3-4-9-25-21-20-18(27-23(24)28-21)13-26-30(22(20)31)14-16-7-8-17(19(12-16)32-2)15-29-10-5-6-11-29/h7-8,12-13H,3-6,9-11,14-15H2,1-2H3,(H3,24,25,27,28). The van der Waals surface area contributed by atoms with E-state index >= 15 is 0 Å². The van der Waals surface area contributed by atoms with Gasteiger partial charge in [-0.15, -0.1) is 0 Å². The van der Waals surface area contributed by atoms with Crippen LogP contribution in [-0.2, 0) is 13.1 Å². The maximum Gasteiger partial charge on any atom is 0.280 e. The fourth-order valence-electron chi connectivity index (χ4n) is 4.10. The lowest BCUT2D eigenvalue weighted by atomic mass is 10.1. The van der Waals surface area contributed by atoms with E-state index in [1.165, 1.54) is 17.5 Å². The van der Waals surface area contributed by atoms with Gasteiger partial charge in [0.15, 0.2) is 0 Å². The van der Waals surface area contributed by atoms with Crippen molar-refractivity contribution in [3.63, 3.8) is 0 Å². The molecule has 9 nitrogen and oxygen atoms in total. The SMILES string of the molecule is CCCCNc1nc(N)nc2cnn(Cc3ccc(CN4CCCC4)c(OC)c3)c(=O)c12. The molecule has 0 unspecified atom stereocenters. The summed E-state index contributed by atoms with van der Waals surface area (Å²) in [7, 11) is 1.68. The van der Waals surface area contributed by atoms with Crippen molar-refractivity contribution in [3.8, 4) is 5.75 Å². The first-order chi connectivity index (χ1) is 15.6. The molecule has 1 aliphatic rings. The smallest absolute Gasteiger partial charge is 0.280 e. The van der Waals surface area contributed by atoms with Crippen molar-refractivity contribution in [2.45, 2.75) is 45.7 Å². The molecule has 0 bridgehead atoms. The van der Waals surface area contributed by atoms with Gasteiger partial charge in [-0.25, -0.2) is 9.67 Å². The van der Waals surface area contributed by atoms with Gasteiger partial charge in [-0.05, 0) is 44.0 Å². The Labute approximate surface area is 187 Å². The number of nitrogens with two attached hydrogens (primary N) is 1. The number of rotatable bonds is 9. The number of nitrogen functional groups attached to an aromatic ring is 1. The summed E-state index contributed by atoms with van der Waals surface area (Å²) in [5.74, 6) is 1.41. The van der Waals surface area contributed by atoms with Crippen molar-refractivity contribution in [1.82, 2.24) is 24.6 Å². The second-order valence-electron chi connectivity index (χ2n) is 8.21. The highest BCUT2D eigenvalue weighted by Crippen LogP contribution is 2.24. The summed E-state index contributed by atoms with van der Waals surface area (Å²) in [6.07, 6.45) is 6.07. The van der Waals surface area contributed by atoms with E-state index < -0.39 is 0 Å². The monoisotopic (exact) mass is 437 g/mol. The number of benzene rings is 1. The molecule has 2 aromatic heterocycles. The van der Waals surface area contributed by atoms with E-state index in [1.807, 2.05) is 12.1 Å². The van der Waals surface area contributed by atoms with Gasteiger partial charge < -0.3 is 15.8 Å². The van der Waals surface area contributed by atoms with Crippen LogP contribution >= 0.6 is 0 Å². The first-order valence-corrected chi connectivity index (χ1v) is 11.2. The molecule has 0 spiro atoms. The molecule has 3 N–H and O–H groups in total. The van der Waals surface area contributed by atoms with Crippen LogP contribution in [0.1, 0.15) is 43.7 Å². The molecule has 4 rings (SSSR count). The van der Waals surface area contributed by atoms with E-state index in [0.717, 1.165) is 49.4 Å². The number of hydrogen-bond acceptors (Lipinski definition) is 8. The van der Waals surface area contributed by atoms with Gasteiger partial charge in [0.25, 0.3) is 5.56 Å². The van der Waals surface area contributed by atoms with E-state index in [0.29, 0.717) is 29.8 Å². The third kappa shape index (κ3) is 4.83. The average Bonchev–Trinajstić information content (AvgIpc) is 3.29. The molecular formula is C23H31N7O2. The molecule has 170 valence electrons. The van der Waals surface area contributed by atoms with Crippen LogP contribution in [0.4, 0.5) is 11.8 Å². The topological polar surface area (TPSA) is 111 Å². The van der Waals surface area contributed by atoms with Crippen molar-refractivity contribution in [2.75, 3.05) is 37.8 Å². The largest absolute Gasteiger partial charge is 0.496 e. The highest BCUT2D eigenvalue weighted by Gasteiger charge is 2.16. The van der Waals surface area contributed by atoms with Gasteiger partial charge in [0.1, 0.15) is 22.5 Å². The van der Waals surface area contributed by atoms with Crippen molar-refractivity contribution in [3.05, 3.63) is 45.9 Å². The Balaban J connectivity index is 1.62. The molecule has 0 radical (unpaired) electrons. The zero-order valence-corrected chi connectivity index (χ0v) is 18.8. The van der Waals surface area contributed by atoms with E-state index in [-0.39, 0.29) is 11.5 Å². The lowest BCUT2D eigenvalue weighted by Gasteiger charge is -2.18. The number of hydrogen-bond donors (Lipinski definition) is 2. The lowest BCUT2D eigenvalue weighted by Crippen LogP contribution is -2.25. The summed E-state index contributed by atoms with van der Waals surface area (Å²) in [6.45, 7) is 6.28. The van der Waals surface area contributed by atoms with Crippen LogP contribution in [0.3, 0.4) is 0 Å². The molecule has 9 heteroatoms. The van der Waals surface area contributed by atoms with Gasteiger partial charge in [-0.3, -0.25) is 9.69 Å². The lowest BCUT2D eigenvalue weighted by molar-refractivity contribution is 0.320. The Bertz CT molecular complexity index is 1140. The minimum atomic E-state index is -0.249. The molecule has 0 atom stereocenters. The highest BCUT2D eigenvalue weighted by molar-refractivity contribution is 5.88. The molecule has 3 heterocycles.